The van der Waals surface area contributed by atoms with Crippen molar-refractivity contribution in [2.45, 2.75) is 19.0 Å². The standard InChI is InChI=1S/C17H15N5OS/c1-10-4-5-11(2)14(8-10)21-7-6-13-12(15(21)23)9-18-16-19-17(24-3)20-22(13)16/h4-9H,1-3H3. The van der Waals surface area contributed by atoms with Crippen LogP contribution in [0.3, 0.4) is 0 Å². The molecule has 0 atom stereocenters. The molecule has 0 amide bonds. The van der Waals surface area contributed by atoms with Gasteiger partial charge in [-0.2, -0.15) is 9.50 Å². The second kappa shape index (κ2) is 5.45. The lowest BCUT2D eigenvalue weighted by Gasteiger charge is -2.11. The lowest BCUT2D eigenvalue weighted by atomic mass is 10.1. The first-order valence-corrected chi connectivity index (χ1v) is 8.70. The Morgan fingerprint density at radius 1 is 1.17 bits per heavy atom. The number of hydrogen-bond acceptors (Lipinski definition) is 5. The summed E-state index contributed by atoms with van der Waals surface area (Å²) >= 11 is 1.44. The van der Waals surface area contributed by atoms with E-state index in [-0.39, 0.29) is 5.56 Å². The monoisotopic (exact) mass is 337 g/mol. The molecule has 0 fully saturated rings. The van der Waals surface area contributed by atoms with Crippen LogP contribution < -0.4 is 5.56 Å². The van der Waals surface area contributed by atoms with Gasteiger partial charge < -0.3 is 0 Å². The van der Waals surface area contributed by atoms with E-state index >= 15 is 0 Å². The molecule has 3 heterocycles. The van der Waals surface area contributed by atoms with Crippen molar-refractivity contribution in [3.63, 3.8) is 0 Å². The Kier molecular flexibility index (Phi) is 3.38. The molecule has 0 spiro atoms. The highest BCUT2D eigenvalue weighted by atomic mass is 32.2. The van der Waals surface area contributed by atoms with E-state index in [4.69, 9.17) is 0 Å². The molecule has 0 bridgehead atoms. The predicted octanol–water partition coefficient (Wildman–Crippen LogP) is 2.77. The number of benzene rings is 1. The first-order valence-electron chi connectivity index (χ1n) is 7.47. The third-order valence-corrected chi connectivity index (χ3v) is 4.56. The number of rotatable bonds is 2. The summed E-state index contributed by atoms with van der Waals surface area (Å²) in [6, 6.07) is 7.95. The van der Waals surface area contributed by atoms with Crippen LogP contribution in [-0.4, -0.2) is 30.4 Å². The van der Waals surface area contributed by atoms with Crippen molar-refractivity contribution in [1.82, 2.24) is 24.1 Å². The van der Waals surface area contributed by atoms with E-state index in [9.17, 15) is 4.79 Å². The molecular formula is C17H15N5OS. The molecule has 1 aromatic carbocycles. The number of aryl methyl sites for hydroxylation is 2. The van der Waals surface area contributed by atoms with Gasteiger partial charge in [0, 0.05) is 12.4 Å². The van der Waals surface area contributed by atoms with Gasteiger partial charge in [0.05, 0.1) is 16.6 Å². The molecule has 120 valence electrons. The van der Waals surface area contributed by atoms with E-state index in [0.29, 0.717) is 21.8 Å². The molecule has 24 heavy (non-hydrogen) atoms. The van der Waals surface area contributed by atoms with Crippen LogP contribution in [0.4, 0.5) is 0 Å². The van der Waals surface area contributed by atoms with Crippen molar-refractivity contribution in [3.8, 4) is 5.69 Å². The molecule has 0 N–H and O–H groups in total. The molecule has 0 saturated carbocycles. The van der Waals surface area contributed by atoms with Gasteiger partial charge in [0.1, 0.15) is 0 Å². The maximum atomic E-state index is 13.0. The van der Waals surface area contributed by atoms with Crippen molar-refractivity contribution in [2.75, 3.05) is 6.26 Å². The minimum atomic E-state index is -0.114. The summed E-state index contributed by atoms with van der Waals surface area (Å²) < 4.78 is 3.28. The fraction of sp³-hybridized carbons (Fsp3) is 0.176. The molecule has 3 aromatic heterocycles. The average Bonchev–Trinajstić information content (AvgIpc) is 3.01. The minimum absolute atomic E-state index is 0.114. The van der Waals surface area contributed by atoms with Gasteiger partial charge >= 0.3 is 0 Å². The molecule has 0 saturated heterocycles. The molecule has 0 aliphatic heterocycles. The number of fused-ring (bicyclic) bond motifs is 3. The summed E-state index contributed by atoms with van der Waals surface area (Å²) in [6.07, 6.45) is 5.27. The van der Waals surface area contributed by atoms with E-state index in [1.54, 1.807) is 21.5 Å². The van der Waals surface area contributed by atoms with Crippen molar-refractivity contribution in [1.29, 1.82) is 0 Å². The van der Waals surface area contributed by atoms with Crippen LogP contribution in [0.5, 0.6) is 0 Å². The van der Waals surface area contributed by atoms with Crippen LogP contribution in [-0.2, 0) is 0 Å². The van der Waals surface area contributed by atoms with Crippen LogP contribution in [0.2, 0.25) is 0 Å². The highest BCUT2D eigenvalue weighted by Gasteiger charge is 2.12. The second-order valence-electron chi connectivity index (χ2n) is 5.65. The normalized spacial score (nSPS) is 11.5. The zero-order valence-corrected chi connectivity index (χ0v) is 14.3. The molecule has 6 nitrogen and oxygen atoms in total. The zero-order valence-electron chi connectivity index (χ0n) is 13.5. The summed E-state index contributed by atoms with van der Waals surface area (Å²) in [5, 5.41) is 5.54. The van der Waals surface area contributed by atoms with Crippen molar-refractivity contribution >= 4 is 28.4 Å². The Balaban J connectivity index is 2.03. The summed E-state index contributed by atoms with van der Waals surface area (Å²) in [5.74, 6) is 0.496. The topological polar surface area (TPSA) is 65.1 Å². The maximum Gasteiger partial charge on any atom is 0.266 e. The molecular weight excluding hydrogens is 322 g/mol. The van der Waals surface area contributed by atoms with E-state index in [2.05, 4.69) is 15.1 Å². The van der Waals surface area contributed by atoms with Gasteiger partial charge in [0.25, 0.3) is 11.3 Å². The number of hydrogen-bond donors (Lipinski definition) is 0. The van der Waals surface area contributed by atoms with Gasteiger partial charge in [-0.05, 0) is 43.4 Å². The summed E-state index contributed by atoms with van der Waals surface area (Å²) in [7, 11) is 0. The van der Waals surface area contributed by atoms with Crippen LogP contribution in [0.1, 0.15) is 11.1 Å². The molecule has 7 heteroatoms. The Bertz CT molecular complexity index is 1150. The van der Waals surface area contributed by atoms with Gasteiger partial charge in [0.15, 0.2) is 0 Å². The SMILES string of the molecule is CSc1nc2ncc3c(=O)n(-c4cc(C)ccc4C)ccc3n2n1. The molecule has 0 radical (unpaired) electrons. The average molecular weight is 337 g/mol. The Morgan fingerprint density at radius 2 is 2.00 bits per heavy atom. The molecule has 0 unspecified atom stereocenters. The van der Waals surface area contributed by atoms with Crippen molar-refractivity contribution in [3.05, 3.63) is 58.1 Å². The molecule has 0 aliphatic rings. The molecule has 4 rings (SSSR count). The number of aromatic nitrogens is 5. The second-order valence-corrected chi connectivity index (χ2v) is 6.42. The zero-order chi connectivity index (χ0) is 16.8. The quantitative estimate of drug-likeness (QED) is 0.526. The Hall–Kier alpha value is -2.67. The van der Waals surface area contributed by atoms with E-state index in [0.717, 1.165) is 16.8 Å². The summed E-state index contributed by atoms with van der Waals surface area (Å²) in [6.45, 7) is 4.01. The summed E-state index contributed by atoms with van der Waals surface area (Å²) in [5.41, 5.74) is 3.63. The molecule has 4 aromatic rings. The number of pyridine rings is 1. The number of thioether (sulfide) groups is 1. The van der Waals surface area contributed by atoms with Gasteiger partial charge in [-0.3, -0.25) is 9.36 Å². The lowest BCUT2D eigenvalue weighted by molar-refractivity contribution is 0.903. The lowest BCUT2D eigenvalue weighted by Crippen LogP contribution is -2.19. The largest absolute Gasteiger partial charge is 0.283 e. The van der Waals surface area contributed by atoms with Crippen molar-refractivity contribution in [2.24, 2.45) is 0 Å². The van der Waals surface area contributed by atoms with Gasteiger partial charge in [-0.25, -0.2) is 4.98 Å². The number of nitrogens with zero attached hydrogens (tertiary/aromatic N) is 5. The highest BCUT2D eigenvalue weighted by molar-refractivity contribution is 7.98. The van der Waals surface area contributed by atoms with Gasteiger partial charge in [-0.15, -0.1) is 5.10 Å². The van der Waals surface area contributed by atoms with Gasteiger partial charge in [-0.1, -0.05) is 23.9 Å². The third-order valence-electron chi connectivity index (χ3n) is 4.02. The van der Waals surface area contributed by atoms with Crippen molar-refractivity contribution < 1.29 is 0 Å². The third kappa shape index (κ3) is 2.20. The summed E-state index contributed by atoms with van der Waals surface area (Å²) in [4.78, 5) is 21.6. The fourth-order valence-corrected chi connectivity index (χ4v) is 3.09. The minimum Gasteiger partial charge on any atom is -0.283 e. The predicted molar refractivity (Wildman–Crippen MR) is 95.1 cm³/mol. The first-order chi connectivity index (χ1) is 11.6. The maximum absolute atomic E-state index is 13.0. The van der Waals surface area contributed by atoms with Crippen LogP contribution in [0, 0.1) is 13.8 Å². The van der Waals surface area contributed by atoms with E-state index < -0.39 is 0 Å². The van der Waals surface area contributed by atoms with Crippen LogP contribution in [0.25, 0.3) is 22.4 Å². The first kappa shape index (κ1) is 14.9. The van der Waals surface area contributed by atoms with Crippen LogP contribution in [0.15, 0.2) is 46.6 Å². The van der Waals surface area contributed by atoms with Gasteiger partial charge in [0.2, 0.25) is 5.16 Å². The fourth-order valence-electron chi connectivity index (χ4n) is 2.76. The molecule has 0 aliphatic carbocycles. The van der Waals surface area contributed by atoms with E-state index in [1.165, 1.54) is 11.8 Å². The van der Waals surface area contributed by atoms with E-state index in [1.807, 2.05) is 44.4 Å². The Labute approximate surface area is 142 Å². The van der Waals surface area contributed by atoms with Crippen LogP contribution >= 0.6 is 11.8 Å². The smallest absolute Gasteiger partial charge is 0.266 e. The highest BCUT2D eigenvalue weighted by Crippen LogP contribution is 2.18. The Morgan fingerprint density at radius 3 is 2.79 bits per heavy atom.